The van der Waals surface area contributed by atoms with Gasteiger partial charge in [-0.05, 0) is 0 Å². The van der Waals surface area contributed by atoms with Crippen LogP contribution in [0.3, 0.4) is 0 Å². The average molecular weight is 296 g/mol. The van der Waals surface area contributed by atoms with E-state index in [9.17, 15) is 19.8 Å². The minimum absolute atomic E-state index is 0. The first kappa shape index (κ1) is 20.5. The fraction of sp³-hybridized carbons (Fsp3) is 0.667. The maximum absolute atomic E-state index is 9.65. The molecule has 0 saturated heterocycles. The maximum Gasteiger partial charge on any atom is 2.00 e. The van der Waals surface area contributed by atoms with E-state index in [0.717, 1.165) is 0 Å². The average Bonchev–Trinajstić information content (AvgIpc) is 2.15. The second-order valence-electron chi connectivity index (χ2n) is 2.22. The second kappa shape index (κ2) is 12.2. The molecular weight excluding hydrogens is 284 g/mol. The zero-order valence-corrected chi connectivity index (χ0v) is 10.5. The Labute approximate surface area is 109 Å². The van der Waals surface area contributed by atoms with Gasteiger partial charge in [0.1, 0.15) is 0 Å². The molecule has 0 heterocycles. The van der Waals surface area contributed by atoms with Crippen molar-refractivity contribution in [1.82, 2.24) is 0 Å². The summed E-state index contributed by atoms with van der Waals surface area (Å²) >= 11 is 7.22. The zero-order chi connectivity index (χ0) is 11.7. The summed E-state index contributed by atoms with van der Waals surface area (Å²) in [6, 6.07) is -1.85. The Balaban J connectivity index is -0.000000180. The Kier molecular flexibility index (Phi) is 16.6. The molecule has 0 unspecified atom stereocenters. The Hall–Kier alpha value is 0.0795. The van der Waals surface area contributed by atoms with Crippen LogP contribution in [-0.4, -0.2) is 35.5 Å². The molecule has 0 aromatic heterocycles. The predicted octanol–water partition coefficient (Wildman–Crippen LogP) is -4.02. The molecule has 0 aliphatic carbocycles. The Bertz CT molecular complexity index is 176. The fourth-order valence-electron chi connectivity index (χ4n) is 0.149. The van der Waals surface area contributed by atoms with Gasteiger partial charge in [-0.3, -0.25) is 0 Å². The first-order valence-electron chi connectivity index (χ1n) is 3.51. The van der Waals surface area contributed by atoms with E-state index in [4.69, 9.17) is 11.5 Å². The summed E-state index contributed by atoms with van der Waals surface area (Å²) in [6.07, 6.45) is 0. The van der Waals surface area contributed by atoms with Crippen molar-refractivity contribution in [2.75, 3.05) is 11.5 Å². The van der Waals surface area contributed by atoms with Gasteiger partial charge in [-0.2, -0.15) is 25.3 Å². The minimum Gasteiger partial charge on any atom is -0.548 e. The van der Waals surface area contributed by atoms with E-state index in [2.05, 4.69) is 25.3 Å². The van der Waals surface area contributed by atoms with E-state index in [0.29, 0.717) is 0 Å². The van der Waals surface area contributed by atoms with Crippen LogP contribution in [0.15, 0.2) is 0 Å². The third-order valence-electron chi connectivity index (χ3n) is 0.999. The molecule has 6 nitrogen and oxygen atoms in total. The fourth-order valence-corrected chi connectivity index (χ4v) is 0.447. The first-order chi connectivity index (χ1) is 6.36. The Morgan fingerprint density at radius 3 is 1.20 bits per heavy atom. The zero-order valence-electron chi connectivity index (χ0n) is 7.60. The van der Waals surface area contributed by atoms with Crippen LogP contribution in [0.4, 0.5) is 0 Å². The van der Waals surface area contributed by atoms with Crippen LogP contribution in [0.25, 0.3) is 0 Å². The van der Waals surface area contributed by atoms with Crippen molar-refractivity contribution in [3.05, 3.63) is 0 Å². The van der Waals surface area contributed by atoms with E-state index in [1.54, 1.807) is 0 Å². The SMILES string of the molecule is N[C@@H](CS)C(=O)[O-].N[C@@H](CS)C(=O)[O-].[Fe+2]. The summed E-state index contributed by atoms with van der Waals surface area (Å²) in [5.74, 6) is -2.25. The maximum atomic E-state index is 9.65. The topological polar surface area (TPSA) is 132 Å². The van der Waals surface area contributed by atoms with Crippen LogP contribution in [0, 0.1) is 0 Å². The van der Waals surface area contributed by atoms with Gasteiger partial charge in [-0.25, -0.2) is 0 Å². The van der Waals surface area contributed by atoms with Crippen LogP contribution in [0.5, 0.6) is 0 Å². The number of carboxylic acids is 2. The molecule has 0 amide bonds. The molecule has 0 radical (unpaired) electrons. The van der Waals surface area contributed by atoms with Crippen molar-refractivity contribution in [1.29, 1.82) is 0 Å². The van der Waals surface area contributed by atoms with Gasteiger partial charge >= 0.3 is 17.1 Å². The van der Waals surface area contributed by atoms with E-state index in [1.807, 2.05) is 0 Å². The molecule has 0 bridgehead atoms. The summed E-state index contributed by atoms with van der Waals surface area (Å²) in [5.41, 5.74) is 9.75. The number of nitrogens with two attached hydrogens (primary N) is 2. The van der Waals surface area contributed by atoms with Crippen molar-refractivity contribution in [3.8, 4) is 0 Å². The molecule has 15 heavy (non-hydrogen) atoms. The molecule has 0 spiro atoms. The Morgan fingerprint density at radius 1 is 1.00 bits per heavy atom. The van der Waals surface area contributed by atoms with Gasteiger partial charge in [-0.1, -0.05) is 0 Å². The molecular formula is C6H12FeN2O4S2. The molecule has 90 valence electrons. The number of hydrogen-bond acceptors (Lipinski definition) is 8. The van der Waals surface area contributed by atoms with Gasteiger partial charge in [0.2, 0.25) is 0 Å². The third-order valence-corrected chi connectivity index (χ3v) is 1.79. The van der Waals surface area contributed by atoms with Gasteiger partial charge in [-0.15, -0.1) is 0 Å². The number of carbonyl (C=O) groups is 2. The van der Waals surface area contributed by atoms with Crippen LogP contribution in [-0.2, 0) is 26.7 Å². The number of hydrogen-bond donors (Lipinski definition) is 4. The minimum atomic E-state index is -1.25. The van der Waals surface area contributed by atoms with Gasteiger partial charge in [0, 0.05) is 11.5 Å². The molecule has 0 aliphatic rings. The van der Waals surface area contributed by atoms with E-state index in [1.165, 1.54) is 0 Å². The van der Waals surface area contributed by atoms with E-state index >= 15 is 0 Å². The molecule has 0 aliphatic heterocycles. The number of carbonyl (C=O) groups excluding carboxylic acids is 2. The standard InChI is InChI=1S/2C3H7NO2S.Fe/c2*4-2(1-7)3(5)6;/h2*2,7H,1,4H2,(H,5,6);/q;;+2/p-2/t2*2-;/m00./s1. The number of aliphatic carboxylic acids is 2. The van der Waals surface area contributed by atoms with Crippen molar-refractivity contribution in [2.24, 2.45) is 11.5 Å². The smallest absolute Gasteiger partial charge is 0.548 e. The summed E-state index contributed by atoms with van der Waals surface area (Å²) in [5, 5.41) is 19.3. The molecule has 0 aromatic rings. The molecule has 0 fully saturated rings. The number of thiol groups is 2. The summed E-state index contributed by atoms with van der Waals surface area (Å²) in [7, 11) is 0. The Morgan fingerprint density at radius 2 is 1.20 bits per heavy atom. The van der Waals surface area contributed by atoms with Crippen molar-refractivity contribution >= 4 is 37.2 Å². The van der Waals surface area contributed by atoms with Crippen molar-refractivity contribution < 1.29 is 36.9 Å². The summed E-state index contributed by atoms with van der Waals surface area (Å²) in [4.78, 5) is 19.3. The molecule has 9 heteroatoms. The van der Waals surface area contributed by atoms with E-state index < -0.39 is 24.0 Å². The quantitative estimate of drug-likeness (QED) is 0.309. The van der Waals surface area contributed by atoms with Gasteiger partial charge in [0.05, 0.1) is 24.0 Å². The van der Waals surface area contributed by atoms with Crippen LogP contribution in [0.1, 0.15) is 0 Å². The van der Waals surface area contributed by atoms with E-state index in [-0.39, 0.29) is 28.6 Å². The first-order valence-corrected chi connectivity index (χ1v) is 4.77. The summed E-state index contributed by atoms with van der Waals surface area (Å²) in [6.45, 7) is 0. The van der Waals surface area contributed by atoms with Gasteiger partial charge in [0.25, 0.3) is 0 Å². The van der Waals surface area contributed by atoms with Gasteiger partial charge in [0.15, 0.2) is 0 Å². The number of carboxylic acid groups (broad SMARTS) is 2. The third kappa shape index (κ3) is 14.1. The predicted molar refractivity (Wildman–Crippen MR) is 53.7 cm³/mol. The second-order valence-corrected chi connectivity index (χ2v) is 2.95. The molecule has 2 atom stereocenters. The molecule has 4 N–H and O–H groups in total. The van der Waals surface area contributed by atoms with Gasteiger partial charge < -0.3 is 31.3 Å². The van der Waals surface area contributed by atoms with Crippen molar-refractivity contribution in [3.63, 3.8) is 0 Å². The number of rotatable bonds is 4. The normalized spacial score (nSPS) is 12.5. The van der Waals surface area contributed by atoms with Crippen LogP contribution >= 0.6 is 25.3 Å². The molecule has 0 aromatic carbocycles. The van der Waals surface area contributed by atoms with Crippen LogP contribution in [0.2, 0.25) is 0 Å². The van der Waals surface area contributed by atoms with Crippen LogP contribution < -0.4 is 21.7 Å². The monoisotopic (exact) mass is 296 g/mol. The summed E-state index contributed by atoms with van der Waals surface area (Å²) < 4.78 is 0. The largest absolute Gasteiger partial charge is 2.00 e. The molecule has 0 saturated carbocycles. The van der Waals surface area contributed by atoms with Crippen molar-refractivity contribution in [2.45, 2.75) is 12.1 Å². The molecule has 0 rings (SSSR count).